The predicted molar refractivity (Wildman–Crippen MR) is 86.5 cm³/mol. The van der Waals surface area contributed by atoms with Crippen molar-refractivity contribution in [3.8, 4) is 0 Å². The monoisotopic (exact) mass is 334 g/mol. The van der Waals surface area contributed by atoms with Gasteiger partial charge in [0.05, 0.1) is 24.5 Å². The Hall–Kier alpha value is -2.34. The van der Waals surface area contributed by atoms with Crippen LogP contribution in [0.4, 0.5) is 18.9 Å². The number of nitrogens with zero attached hydrogens (tertiary/aromatic N) is 2. The molecule has 0 saturated carbocycles. The van der Waals surface area contributed by atoms with Crippen molar-refractivity contribution in [2.24, 2.45) is 4.99 Å². The molecular formula is C18H17F3N2O. The van der Waals surface area contributed by atoms with E-state index in [1.807, 2.05) is 35.2 Å². The predicted octanol–water partition coefficient (Wildman–Crippen LogP) is 4.12. The van der Waals surface area contributed by atoms with Gasteiger partial charge in [-0.25, -0.2) is 4.99 Å². The second-order valence-corrected chi connectivity index (χ2v) is 5.45. The van der Waals surface area contributed by atoms with Crippen LogP contribution >= 0.6 is 0 Å². The minimum absolute atomic E-state index is 0.287. The third-order valence-electron chi connectivity index (χ3n) is 3.75. The molecule has 1 aliphatic heterocycles. The Labute approximate surface area is 138 Å². The van der Waals surface area contributed by atoms with Gasteiger partial charge in [-0.1, -0.05) is 36.4 Å². The molecule has 6 heteroatoms. The lowest BCUT2D eigenvalue weighted by molar-refractivity contribution is -0.137. The van der Waals surface area contributed by atoms with Crippen molar-refractivity contribution in [3.05, 3.63) is 65.7 Å². The zero-order valence-electron chi connectivity index (χ0n) is 13.0. The van der Waals surface area contributed by atoms with Crippen molar-refractivity contribution < 1.29 is 17.9 Å². The Morgan fingerprint density at radius 1 is 0.958 bits per heavy atom. The van der Waals surface area contributed by atoms with Crippen molar-refractivity contribution >= 4 is 11.5 Å². The molecular weight excluding hydrogens is 317 g/mol. The first kappa shape index (κ1) is 16.5. The summed E-state index contributed by atoms with van der Waals surface area (Å²) in [5.74, 6) is 0.665. The normalized spacial score (nSPS) is 16.3. The number of halogens is 3. The molecule has 3 rings (SSSR count). The molecule has 1 heterocycles. The lowest BCUT2D eigenvalue weighted by Gasteiger charge is -2.30. The van der Waals surface area contributed by atoms with Crippen molar-refractivity contribution in [2.45, 2.75) is 6.18 Å². The van der Waals surface area contributed by atoms with Crippen molar-refractivity contribution in [1.29, 1.82) is 0 Å². The van der Waals surface area contributed by atoms with E-state index in [4.69, 9.17) is 4.74 Å². The van der Waals surface area contributed by atoms with E-state index in [9.17, 15) is 13.2 Å². The molecule has 1 saturated heterocycles. The maximum Gasteiger partial charge on any atom is 0.416 e. The Balaban J connectivity index is 2.00. The minimum atomic E-state index is -4.38. The van der Waals surface area contributed by atoms with E-state index in [0.29, 0.717) is 32.1 Å². The van der Waals surface area contributed by atoms with E-state index in [1.165, 1.54) is 6.07 Å². The van der Waals surface area contributed by atoms with Gasteiger partial charge < -0.3 is 9.64 Å². The summed E-state index contributed by atoms with van der Waals surface area (Å²) in [4.78, 5) is 6.55. The van der Waals surface area contributed by atoms with Crippen LogP contribution in [-0.4, -0.2) is 37.0 Å². The molecule has 0 bridgehead atoms. The molecule has 0 atom stereocenters. The Morgan fingerprint density at radius 3 is 2.33 bits per heavy atom. The van der Waals surface area contributed by atoms with Gasteiger partial charge in [0.1, 0.15) is 5.84 Å². The standard InChI is InChI=1S/C18H17F3N2O/c19-18(20,21)15-7-4-8-16(13-15)22-17(14-5-2-1-3-6-14)23-9-11-24-12-10-23/h1-8,13H,9-12H2. The smallest absolute Gasteiger partial charge is 0.378 e. The first-order valence-corrected chi connectivity index (χ1v) is 7.68. The van der Waals surface area contributed by atoms with Gasteiger partial charge in [-0.15, -0.1) is 0 Å². The molecule has 1 fully saturated rings. The van der Waals surface area contributed by atoms with E-state index in [2.05, 4.69) is 4.99 Å². The highest BCUT2D eigenvalue weighted by Gasteiger charge is 2.30. The lowest BCUT2D eigenvalue weighted by Crippen LogP contribution is -2.41. The maximum atomic E-state index is 12.9. The van der Waals surface area contributed by atoms with Crippen LogP contribution in [-0.2, 0) is 10.9 Å². The molecule has 126 valence electrons. The summed E-state index contributed by atoms with van der Waals surface area (Å²) < 4.78 is 44.1. The topological polar surface area (TPSA) is 24.8 Å². The number of hydrogen-bond donors (Lipinski definition) is 0. The summed E-state index contributed by atoms with van der Waals surface area (Å²) in [6.07, 6.45) is -4.38. The average Bonchev–Trinajstić information content (AvgIpc) is 2.61. The summed E-state index contributed by atoms with van der Waals surface area (Å²) in [6.45, 7) is 2.47. The molecule has 0 radical (unpaired) electrons. The van der Waals surface area contributed by atoms with Gasteiger partial charge in [0.15, 0.2) is 0 Å². The first-order valence-electron chi connectivity index (χ1n) is 7.68. The highest BCUT2D eigenvalue weighted by atomic mass is 19.4. The number of benzene rings is 2. The zero-order valence-corrected chi connectivity index (χ0v) is 13.0. The maximum absolute atomic E-state index is 12.9. The highest BCUT2D eigenvalue weighted by molar-refractivity contribution is 6.00. The SMILES string of the molecule is FC(F)(F)c1cccc(N=C(c2ccccc2)N2CCOCC2)c1. The van der Waals surface area contributed by atoms with Crippen LogP contribution in [0.25, 0.3) is 0 Å². The fourth-order valence-corrected chi connectivity index (χ4v) is 2.55. The van der Waals surface area contributed by atoms with Gasteiger partial charge in [-0.05, 0) is 18.2 Å². The molecule has 0 unspecified atom stereocenters. The fourth-order valence-electron chi connectivity index (χ4n) is 2.55. The second-order valence-electron chi connectivity index (χ2n) is 5.45. The van der Waals surface area contributed by atoms with Crippen molar-refractivity contribution in [3.63, 3.8) is 0 Å². The van der Waals surface area contributed by atoms with E-state index in [-0.39, 0.29) is 5.69 Å². The van der Waals surface area contributed by atoms with Crippen LogP contribution in [0.1, 0.15) is 11.1 Å². The molecule has 0 amide bonds. The van der Waals surface area contributed by atoms with Gasteiger partial charge in [-0.2, -0.15) is 13.2 Å². The third-order valence-corrected chi connectivity index (χ3v) is 3.75. The number of alkyl halides is 3. The summed E-state index contributed by atoms with van der Waals surface area (Å²) in [6, 6.07) is 14.6. The fraction of sp³-hybridized carbons (Fsp3) is 0.278. The van der Waals surface area contributed by atoms with Crippen molar-refractivity contribution in [2.75, 3.05) is 26.3 Å². The average molecular weight is 334 g/mol. The van der Waals surface area contributed by atoms with Gasteiger partial charge in [0.25, 0.3) is 0 Å². The van der Waals surface area contributed by atoms with E-state index >= 15 is 0 Å². The lowest BCUT2D eigenvalue weighted by atomic mass is 10.1. The number of amidine groups is 1. The highest BCUT2D eigenvalue weighted by Crippen LogP contribution is 2.31. The third kappa shape index (κ3) is 3.94. The van der Waals surface area contributed by atoms with Gasteiger partial charge in [0.2, 0.25) is 0 Å². The van der Waals surface area contributed by atoms with Crippen LogP contribution in [0.2, 0.25) is 0 Å². The largest absolute Gasteiger partial charge is 0.416 e. The van der Waals surface area contributed by atoms with E-state index < -0.39 is 11.7 Å². The van der Waals surface area contributed by atoms with Gasteiger partial charge in [0, 0.05) is 18.7 Å². The van der Waals surface area contributed by atoms with E-state index in [1.54, 1.807) is 6.07 Å². The van der Waals surface area contributed by atoms with Crippen LogP contribution in [0.5, 0.6) is 0 Å². The second kappa shape index (κ2) is 7.05. The van der Waals surface area contributed by atoms with Crippen LogP contribution in [0.3, 0.4) is 0 Å². The molecule has 1 aliphatic rings. The molecule has 2 aromatic rings. The molecule has 0 spiro atoms. The van der Waals surface area contributed by atoms with Crippen molar-refractivity contribution in [1.82, 2.24) is 4.90 Å². The van der Waals surface area contributed by atoms with E-state index in [0.717, 1.165) is 17.7 Å². The van der Waals surface area contributed by atoms with Crippen LogP contribution in [0.15, 0.2) is 59.6 Å². The molecule has 0 aromatic heterocycles. The van der Waals surface area contributed by atoms with Crippen LogP contribution < -0.4 is 0 Å². The summed E-state index contributed by atoms with van der Waals surface area (Å²) in [5.41, 5.74) is 0.463. The molecule has 2 aromatic carbocycles. The number of ether oxygens (including phenoxy) is 1. The number of aliphatic imine (C=N–C) groups is 1. The van der Waals surface area contributed by atoms with Gasteiger partial charge >= 0.3 is 6.18 Å². The van der Waals surface area contributed by atoms with Crippen LogP contribution in [0, 0.1) is 0 Å². The molecule has 0 aliphatic carbocycles. The summed E-state index contributed by atoms with van der Waals surface area (Å²) in [5, 5.41) is 0. The zero-order chi connectivity index (χ0) is 17.0. The Bertz CT molecular complexity index is 708. The molecule has 0 N–H and O–H groups in total. The molecule has 24 heavy (non-hydrogen) atoms. The minimum Gasteiger partial charge on any atom is -0.378 e. The summed E-state index contributed by atoms with van der Waals surface area (Å²) >= 11 is 0. The Morgan fingerprint density at radius 2 is 1.67 bits per heavy atom. The summed E-state index contributed by atoms with van der Waals surface area (Å²) in [7, 11) is 0. The Kier molecular flexibility index (Phi) is 4.85. The molecule has 3 nitrogen and oxygen atoms in total. The number of rotatable bonds is 2. The van der Waals surface area contributed by atoms with Gasteiger partial charge in [-0.3, -0.25) is 0 Å². The quantitative estimate of drug-likeness (QED) is 0.610. The number of morpholine rings is 1. The first-order chi connectivity index (χ1) is 11.5. The number of hydrogen-bond acceptors (Lipinski definition) is 2.